The molecule has 112 valence electrons. The van der Waals surface area contributed by atoms with E-state index in [1.165, 1.54) is 51.0 Å². The van der Waals surface area contributed by atoms with Gasteiger partial charge in [0.1, 0.15) is 0 Å². The third-order valence-corrected chi connectivity index (χ3v) is 4.05. The summed E-state index contributed by atoms with van der Waals surface area (Å²) in [6.07, 6.45) is 3.72. The van der Waals surface area contributed by atoms with Crippen molar-refractivity contribution in [2.75, 3.05) is 46.8 Å². The largest absolute Gasteiger partial charge is 0.313 e. The molecule has 0 aliphatic carbocycles. The Morgan fingerprint density at radius 1 is 1.25 bits per heavy atom. The number of nitrogens with zero attached hydrogens (tertiary/aromatic N) is 2. The molecule has 0 aromatic heterocycles. The van der Waals surface area contributed by atoms with Crippen molar-refractivity contribution in [3.8, 4) is 0 Å². The Morgan fingerprint density at radius 2 is 2.05 bits per heavy atom. The molecule has 1 atom stereocenters. The highest BCUT2D eigenvalue weighted by molar-refractivity contribution is 5.14. The second-order valence-electron chi connectivity index (χ2n) is 6.13. The van der Waals surface area contributed by atoms with Crippen molar-refractivity contribution in [1.29, 1.82) is 0 Å². The Kier molecular flexibility index (Phi) is 6.51. The molecule has 1 aliphatic rings. The van der Waals surface area contributed by atoms with Crippen LogP contribution in [0.2, 0.25) is 0 Å². The summed E-state index contributed by atoms with van der Waals surface area (Å²) in [5.41, 5.74) is 1.45. The molecule has 1 heterocycles. The lowest BCUT2D eigenvalue weighted by Gasteiger charge is -2.17. The maximum absolute atomic E-state index is 3.70. The molecule has 1 aliphatic heterocycles. The van der Waals surface area contributed by atoms with E-state index in [9.17, 15) is 0 Å². The Hall–Kier alpha value is -0.900. The normalized spacial score (nSPS) is 19.9. The fourth-order valence-corrected chi connectivity index (χ4v) is 2.84. The minimum Gasteiger partial charge on any atom is -0.313 e. The highest BCUT2D eigenvalue weighted by Crippen LogP contribution is 2.10. The monoisotopic (exact) mass is 275 g/mol. The predicted octanol–water partition coefficient (Wildman–Crippen LogP) is 1.84. The summed E-state index contributed by atoms with van der Waals surface area (Å²) in [5.74, 6) is 0. The molecule has 0 spiro atoms. The van der Waals surface area contributed by atoms with Crippen molar-refractivity contribution < 1.29 is 0 Å². The van der Waals surface area contributed by atoms with E-state index < -0.39 is 0 Å². The Morgan fingerprint density at radius 3 is 2.80 bits per heavy atom. The molecule has 1 fully saturated rings. The van der Waals surface area contributed by atoms with Gasteiger partial charge >= 0.3 is 0 Å². The highest BCUT2D eigenvalue weighted by atomic mass is 15.2. The molecule has 1 aromatic carbocycles. The molecule has 0 amide bonds. The van der Waals surface area contributed by atoms with E-state index in [4.69, 9.17) is 0 Å². The average molecular weight is 275 g/mol. The zero-order valence-electron chi connectivity index (χ0n) is 13.0. The van der Waals surface area contributed by atoms with Crippen LogP contribution in [0.15, 0.2) is 30.3 Å². The van der Waals surface area contributed by atoms with Crippen molar-refractivity contribution in [3.63, 3.8) is 0 Å². The molecule has 3 nitrogen and oxygen atoms in total. The quantitative estimate of drug-likeness (QED) is 0.731. The Bertz CT molecular complexity index is 364. The number of nitrogens with one attached hydrogen (secondary N) is 1. The molecule has 2 rings (SSSR count). The van der Waals surface area contributed by atoms with Crippen molar-refractivity contribution in [3.05, 3.63) is 35.9 Å². The maximum Gasteiger partial charge on any atom is 0.0207 e. The van der Waals surface area contributed by atoms with Crippen LogP contribution in [-0.4, -0.2) is 62.7 Å². The first-order chi connectivity index (χ1) is 9.74. The van der Waals surface area contributed by atoms with Crippen LogP contribution in [0.3, 0.4) is 0 Å². The summed E-state index contributed by atoms with van der Waals surface area (Å²) in [5, 5.41) is 3.70. The van der Waals surface area contributed by atoms with Crippen molar-refractivity contribution in [1.82, 2.24) is 15.1 Å². The predicted molar refractivity (Wildman–Crippen MR) is 86.2 cm³/mol. The first-order valence-corrected chi connectivity index (χ1v) is 7.88. The molecule has 1 saturated heterocycles. The van der Waals surface area contributed by atoms with E-state index in [2.05, 4.69) is 59.5 Å². The number of likely N-dealkylation sites (tertiary alicyclic amines) is 1. The van der Waals surface area contributed by atoms with Crippen molar-refractivity contribution in [2.24, 2.45) is 0 Å². The van der Waals surface area contributed by atoms with Gasteiger partial charge in [-0.15, -0.1) is 0 Å². The lowest BCUT2D eigenvalue weighted by Crippen LogP contribution is -2.34. The fourth-order valence-electron chi connectivity index (χ4n) is 2.84. The van der Waals surface area contributed by atoms with Crippen LogP contribution in [0.5, 0.6) is 0 Å². The van der Waals surface area contributed by atoms with Crippen LogP contribution in [-0.2, 0) is 6.42 Å². The van der Waals surface area contributed by atoms with Gasteiger partial charge in [-0.25, -0.2) is 0 Å². The van der Waals surface area contributed by atoms with Crippen LogP contribution >= 0.6 is 0 Å². The SMILES string of the molecule is CN(C)CCCNC1CCN(CCc2ccccc2)C1. The van der Waals surface area contributed by atoms with Gasteiger partial charge in [-0.3, -0.25) is 0 Å². The van der Waals surface area contributed by atoms with Crippen LogP contribution in [0.1, 0.15) is 18.4 Å². The molecule has 1 N–H and O–H groups in total. The molecular formula is C17H29N3. The second kappa shape index (κ2) is 8.40. The van der Waals surface area contributed by atoms with Crippen molar-refractivity contribution in [2.45, 2.75) is 25.3 Å². The van der Waals surface area contributed by atoms with E-state index in [0.717, 1.165) is 6.54 Å². The number of hydrogen-bond donors (Lipinski definition) is 1. The number of hydrogen-bond acceptors (Lipinski definition) is 3. The van der Waals surface area contributed by atoms with E-state index in [1.54, 1.807) is 0 Å². The summed E-state index contributed by atoms with van der Waals surface area (Å²) >= 11 is 0. The highest BCUT2D eigenvalue weighted by Gasteiger charge is 2.21. The minimum atomic E-state index is 0.702. The standard InChI is InChI=1S/C17H29N3/c1-19(2)12-6-11-18-17-10-14-20(15-17)13-9-16-7-4-3-5-8-16/h3-5,7-8,17-18H,6,9-15H2,1-2H3. The van der Waals surface area contributed by atoms with Gasteiger partial charge in [-0.05, 0) is 58.6 Å². The van der Waals surface area contributed by atoms with Crippen LogP contribution in [0, 0.1) is 0 Å². The fraction of sp³-hybridized carbons (Fsp3) is 0.647. The second-order valence-corrected chi connectivity index (χ2v) is 6.13. The summed E-state index contributed by atoms with van der Waals surface area (Å²) in [6.45, 7) is 5.99. The molecule has 0 radical (unpaired) electrons. The van der Waals surface area contributed by atoms with Crippen LogP contribution < -0.4 is 5.32 Å². The van der Waals surface area contributed by atoms with Crippen LogP contribution in [0.4, 0.5) is 0 Å². The molecule has 0 bridgehead atoms. The summed E-state index contributed by atoms with van der Waals surface area (Å²) in [4.78, 5) is 4.85. The number of benzene rings is 1. The summed E-state index contributed by atoms with van der Waals surface area (Å²) in [6, 6.07) is 11.5. The van der Waals surface area contributed by atoms with Gasteiger partial charge < -0.3 is 15.1 Å². The van der Waals surface area contributed by atoms with Gasteiger partial charge in [0, 0.05) is 19.1 Å². The van der Waals surface area contributed by atoms with Gasteiger partial charge in [0.05, 0.1) is 0 Å². The molecule has 20 heavy (non-hydrogen) atoms. The molecular weight excluding hydrogens is 246 g/mol. The van der Waals surface area contributed by atoms with Gasteiger partial charge in [0.25, 0.3) is 0 Å². The Labute approximate surface area is 124 Å². The summed E-state index contributed by atoms with van der Waals surface area (Å²) in [7, 11) is 4.28. The first kappa shape index (κ1) is 15.5. The molecule has 1 aromatic rings. The summed E-state index contributed by atoms with van der Waals surface area (Å²) < 4.78 is 0. The first-order valence-electron chi connectivity index (χ1n) is 7.88. The average Bonchev–Trinajstić information content (AvgIpc) is 2.90. The smallest absolute Gasteiger partial charge is 0.0207 e. The third kappa shape index (κ3) is 5.61. The van der Waals surface area contributed by atoms with E-state index in [-0.39, 0.29) is 0 Å². The van der Waals surface area contributed by atoms with Crippen LogP contribution in [0.25, 0.3) is 0 Å². The maximum atomic E-state index is 3.70. The van der Waals surface area contributed by atoms with Gasteiger partial charge in [-0.1, -0.05) is 30.3 Å². The zero-order valence-corrected chi connectivity index (χ0v) is 13.0. The van der Waals surface area contributed by atoms with E-state index >= 15 is 0 Å². The van der Waals surface area contributed by atoms with Gasteiger partial charge in [0.15, 0.2) is 0 Å². The zero-order chi connectivity index (χ0) is 14.2. The number of rotatable bonds is 8. The van der Waals surface area contributed by atoms with E-state index in [1.807, 2.05) is 0 Å². The lowest BCUT2D eigenvalue weighted by atomic mass is 10.1. The van der Waals surface area contributed by atoms with Gasteiger partial charge in [0.2, 0.25) is 0 Å². The lowest BCUT2D eigenvalue weighted by molar-refractivity contribution is 0.329. The topological polar surface area (TPSA) is 18.5 Å². The van der Waals surface area contributed by atoms with E-state index in [0.29, 0.717) is 6.04 Å². The van der Waals surface area contributed by atoms with Gasteiger partial charge in [-0.2, -0.15) is 0 Å². The molecule has 3 heteroatoms. The van der Waals surface area contributed by atoms with Crippen molar-refractivity contribution >= 4 is 0 Å². The molecule has 1 unspecified atom stereocenters. The third-order valence-electron chi connectivity index (χ3n) is 4.05. The minimum absolute atomic E-state index is 0.702. The molecule has 0 saturated carbocycles. The Balaban J connectivity index is 1.58.